The molecule has 0 saturated heterocycles. The minimum absolute atomic E-state index is 0.226. The molecule has 1 amide bonds. The Morgan fingerprint density at radius 3 is 2.19 bits per heavy atom. The first-order valence-electron chi connectivity index (χ1n) is 10.7. The van der Waals surface area contributed by atoms with Crippen LogP contribution in [0.15, 0.2) is 47.4 Å². The summed E-state index contributed by atoms with van der Waals surface area (Å²) in [4.78, 5) is 12.8. The Kier molecular flexibility index (Phi) is 8.65. The van der Waals surface area contributed by atoms with Crippen LogP contribution in [0.25, 0.3) is 0 Å². The zero-order chi connectivity index (χ0) is 23.2. The van der Waals surface area contributed by atoms with Crippen molar-refractivity contribution in [3.05, 3.63) is 59.2 Å². The van der Waals surface area contributed by atoms with E-state index in [2.05, 4.69) is 19.2 Å². The zero-order valence-corrected chi connectivity index (χ0v) is 20.1. The van der Waals surface area contributed by atoms with Crippen molar-refractivity contribution in [1.82, 2.24) is 9.62 Å². The number of aryl methyl sites for hydroxylation is 1. The molecule has 1 atom stereocenters. The number of carbonyl (C=O) groups is 1. The Morgan fingerprint density at radius 2 is 1.65 bits per heavy atom. The molecule has 6 nitrogen and oxygen atoms in total. The van der Waals surface area contributed by atoms with Gasteiger partial charge in [0.1, 0.15) is 5.75 Å². The van der Waals surface area contributed by atoms with Crippen LogP contribution in [-0.2, 0) is 21.4 Å². The van der Waals surface area contributed by atoms with Gasteiger partial charge in [0.2, 0.25) is 10.0 Å². The number of carbonyl (C=O) groups excluding carboxylic acids is 1. The molecule has 0 radical (unpaired) electrons. The molecule has 1 unspecified atom stereocenters. The van der Waals surface area contributed by atoms with Crippen LogP contribution in [0.4, 0.5) is 0 Å². The molecule has 0 bridgehead atoms. The Labute approximate surface area is 186 Å². The minimum atomic E-state index is -3.49. The molecule has 2 aromatic rings. The number of ether oxygens (including phenoxy) is 1. The highest BCUT2D eigenvalue weighted by atomic mass is 32.2. The van der Waals surface area contributed by atoms with Gasteiger partial charge in [-0.3, -0.25) is 4.79 Å². The van der Waals surface area contributed by atoms with Gasteiger partial charge < -0.3 is 10.1 Å². The first kappa shape index (κ1) is 24.9. The molecule has 0 fully saturated rings. The molecule has 2 rings (SSSR count). The lowest BCUT2D eigenvalue weighted by Crippen LogP contribution is -2.36. The predicted molar refractivity (Wildman–Crippen MR) is 124 cm³/mol. The summed E-state index contributed by atoms with van der Waals surface area (Å²) >= 11 is 0. The zero-order valence-electron chi connectivity index (χ0n) is 19.3. The van der Waals surface area contributed by atoms with Crippen molar-refractivity contribution in [3.8, 4) is 5.75 Å². The van der Waals surface area contributed by atoms with Crippen molar-refractivity contribution < 1.29 is 17.9 Å². The van der Waals surface area contributed by atoms with E-state index in [1.807, 2.05) is 39.0 Å². The van der Waals surface area contributed by atoms with Crippen molar-refractivity contribution in [2.75, 3.05) is 13.1 Å². The lowest BCUT2D eigenvalue weighted by Gasteiger charge is -2.20. The van der Waals surface area contributed by atoms with Gasteiger partial charge in [0.15, 0.2) is 6.10 Å². The SMILES string of the molecule is CCN(CC)S(=O)(=O)c1ccc(CNC(=O)C(C)Oc2cc(C)ccc2C(C)C)cc1. The maximum absolute atomic E-state index is 12.6. The molecule has 0 aliphatic heterocycles. The lowest BCUT2D eigenvalue weighted by molar-refractivity contribution is -0.127. The third-order valence-corrected chi connectivity index (χ3v) is 7.26. The molecule has 31 heavy (non-hydrogen) atoms. The van der Waals surface area contributed by atoms with E-state index in [4.69, 9.17) is 4.74 Å². The van der Waals surface area contributed by atoms with Crippen LogP contribution in [0.3, 0.4) is 0 Å². The highest BCUT2D eigenvalue weighted by Crippen LogP contribution is 2.28. The molecular formula is C24H34N2O4S. The molecule has 0 aromatic heterocycles. The highest BCUT2D eigenvalue weighted by molar-refractivity contribution is 7.89. The summed E-state index contributed by atoms with van der Waals surface area (Å²) in [6, 6.07) is 12.6. The van der Waals surface area contributed by atoms with Gasteiger partial charge in [-0.25, -0.2) is 8.42 Å². The first-order valence-corrected chi connectivity index (χ1v) is 12.2. The standard InChI is InChI=1S/C24H34N2O4S/c1-7-26(8-2)31(28,29)21-12-10-20(11-13-21)16-25-24(27)19(6)30-23-15-18(5)9-14-22(23)17(3)4/h9-15,17,19H,7-8,16H2,1-6H3,(H,25,27). The molecule has 170 valence electrons. The number of amides is 1. The van der Waals surface area contributed by atoms with E-state index in [1.54, 1.807) is 31.2 Å². The molecule has 1 N–H and O–H groups in total. The lowest BCUT2D eigenvalue weighted by atomic mass is 10.0. The van der Waals surface area contributed by atoms with Crippen LogP contribution in [0.1, 0.15) is 57.2 Å². The van der Waals surface area contributed by atoms with Crippen molar-refractivity contribution >= 4 is 15.9 Å². The Morgan fingerprint density at radius 1 is 1.03 bits per heavy atom. The summed E-state index contributed by atoms with van der Waals surface area (Å²) in [5, 5.41) is 2.86. The second-order valence-electron chi connectivity index (χ2n) is 7.91. The summed E-state index contributed by atoms with van der Waals surface area (Å²) in [7, 11) is -3.49. The normalized spacial score (nSPS) is 12.8. The highest BCUT2D eigenvalue weighted by Gasteiger charge is 2.21. The molecule has 0 heterocycles. The van der Waals surface area contributed by atoms with Gasteiger partial charge in [0, 0.05) is 19.6 Å². The average Bonchev–Trinajstić information content (AvgIpc) is 2.72. The van der Waals surface area contributed by atoms with Crippen molar-refractivity contribution in [2.24, 2.45) is 0 Å². The summed E-state index contributed by atoms with van der Waals surface area (Å²) < 4.78 is 32.5. The summed E-state index contributed by atoms with van der Waals surface area (Å²) in [5.74, 6) is 0.789. The number of hydrogen-bond acceptors (Lipinski definition) is 4. The summed E-state index contributed by atoms with van der Waals surface area (Å²) in [5.41, 5.74) is 2.96. The van der Waals surface area contributed by atoms with Gasteiger partial charge in [0.05, 0.1) is 4.90 Å². The van der Waals surface area contributed by atoms with E-state index in [9.17, 15) is 13.2 Å². The first-order chi connectivity index (χ1) is 14.6. The van der Waals surface area contributed by atoms with Crippen LogP contribution >= 0.6 is 0 Å². The van der Waals surface area contributed by atoms with Gasteiger partial charge in [-0.1, -0.05) is 52.0 Å². The Hall–Kier alpha value is -2.38. The number of sulfonamides is 1. The number of hydrogen-bond donors (Lipinski definition) is 1. The summed E-state index contributed by atoms with van der Waals surface area (Å²) in [6.45, 7) is 12.7. The monoisotopic (exact) mass is 446 g/mol. The molecule has 0 saturated carbocycles. The van der Waals surface area contributed by atoms with E-state index in [1.165, 1.54) is 4.31 Å². The third-order valence-electron chi connectivity index (χ3n) is 5.20. The van der Waals surface area contributed by atoms with Gasteiger partial charge in [-0.15, -0.1) is 0 Å². The van der Waals surface area contributed by atoms with Crippen LogP contribution in [0, 0.1) is 6.92 Å². The maximum Gasteiger partial charge on any atom is 0.261 e. The van der Waals surface area contributed by atoms with Crippen LogP contribution in [-0.4, -0.2) is 37.8 Å². The number of nitrogens with zero attached hydrogens (tertiary/aromatic N) is 1. The van der Waals surface area contributed by atoms with Crippen LogP contribution < -0.4 is 10.1 Å². The third kappa shape index (κ3) is 6.31. The number of rotatable bonds is 10. The Balaban J connectivity index is 2.01. The molecule has 0 aliphatic rings. The van der Waals surface area contributed by atoms with Crippen LogP contribution in [0.2, 0.25) is 0 Å². The van der Waals surface area contributed by atoms with Gasteiger partial charge in [-0.2, -0.15) is 4.31 Å². The Bertz CT molecular complexity index is 981. The average molecular weight is 447 g/mol. The second-order valence-corrected chi connectivity index (χ2v) is 9.85. The topological polar surface area (TPSA) is 75.7 Å². The van der Waals surface area contributed by atoms with E-state index >= 15 is 0 Å². The predicted octanol–water partition coefficient (Wildman–Crippen LogP) is 4.23. The van der Waals surface area contributed by atoms with Crippen molar-refractivity contribution in [2.45, 2.75) is 65.0 Å². The number of benzene rings is 2. The molecule has 7 heteroatoms. The molecular weight excluding hydrogens is 412 g/mol. The van der Waals surface area contributed by atoms with Gasteiger partial charge in [0.25, 0.3) is 5.91 Å². The van der Waals surface area contributed by atoms with E-state index in [0.717, 1.165) is 22.4 Å². The van der Waals surface area contributed by atoms with Crippen molar-refractivity contribution in [1.29, 1.82) is 0 Å². The van der Waals surface area contributed by atoms with E-state index in [0.29, 0.717) is 19.6 Å². The quantitative estimate of drug-likeness (QED) is 0.592. The van der Waals surface area contributed by atoms with Crippen molar-refractivity contribution in [3.63, 3.8) is 0 Å². The van der Waals surface area contributed by atoms with Gasteiger partial charge in [-0.05, 0) is 54.7 Å². The summed E-state index contributed by atoms with van der Waals surface area (Å²) in [6.07, 6.45) is -0.651. The largest absolute Gasteiger partial charge is 0.481 e. The van der Waals surface area contributed by atoms with E-state index in [-0.39, 0.29) is 16.7 Å². The van der Waals surface area contributed by atoms with Gasteiger partial charge >= 0.3 is 0 Å². The number of nitrogens with one attached hydrogen (secondary N) is 1. The fourth-order valence-electron chi connectivity index (χ4n) is 3.29. The van der Waals surface area contributed by atoms with E-state index < -0.39 is 16.1 Å². The molecule has 2 aromatic carbocycles. The van der Waals surface area contributed by atoms with Crippen LogP contribution in [0.5, 0.6) is 5.75 Å². The smallest absolute Gasteiger partial charge is 0.261 e. The fraction of sp³-hybridized carbons (Fsp3) is 0.458. The minimum Gasteiger partial charge on any atom is -0.481 e. The fourth-order valence-corrected chi connectivity index (χ4v) is 4.75. The second kappa shape index (κ2) is 10.8. The molecule has 0 spiro atoms. The molecule has 0 aliphatic carbocycles. The maximum atomic E-state index is 12.6.